The van der Waals surface area contributed by atoms with Crippen molar-refractivity contribution in [2.24, 2.45) is 0 Å². The number of Topliss-reactive ketones (excluding diaryl/α,β-unsaturated/α-hetero) is 1. The molecule has 5 heteroatoms. The van der Waals surface area contributed by atoms with E-state index in [-0.39, 0.29) is 17.8 Å². The lowest BCUT2D eigenvalue weighted by atomic mass is 9.75. The van der Waals surface area contributed by atoms with Crippen LogP contribution in [0.4, 0.5) is 0 Å². The van der Waals surface area contributed by atoms with Crippen LogP contribution in [-0.2, 0) is 14.3 Å². The van der Waals surface area contributed by atoms with Gasteiger partial charge in [0.1, 0.15) is 5.92 Å². The summed E-state index contributed by atoms with van der Waals surface area (Å²) in [6, 6.07) is 11.8. The first kappa shape index (κ1) is 20.1. The van der Waals surface area contributed by atoms with Gasteiger partial charge in [0.25, 0.3) is 0 Å². The fourth-order valence-corrected chi connectivity index (χ4v) is 5.08. The highest BCUT2D eigenvalue weighted by Crippen LogP contribution is 2.42. The number of amides is 1. The minimum atomic E-state index is -0.732. The molecular formula is C24H26ClNO3. The van der Waals surface area contributed by atoms with E-state index in [1.807, 2.05) is 38.1 Å². The molecule has 1 aliphatic carbocycles. The van der Waals surface area contributed by atoms with Crippen molar-refractivity contribution in [3.05, 3.63) is 58.1 Å². The van der Waals surface area contributed by atoms with E-state index in [9.17, 15) is 9.59 Å². The molecule has 1 N–H and O–H groups in total. The standard InChI is InChI=1S/C24H26ClNO3/c1-14-12-17(16-4-6-18(25)7-5-16)13-15(2)20(14)21-22(27)24(26-23(21)28)10-8-19(29-3)9-11-24/h4-7,12-13,19,21H,8-11H2,1-3H3,(H,26,28). The van der Waals surface area contributed by atoms with Crippen molar-refractivity contribution in [3.63, 3.8) is 0 Å². The molecule has 1 aliphatic heterocycles. The van der Waals surface area contributed by atoms with E-state index in [0.29, 0.717) is 17.9 Å². The van der Waals surface area contributed by atoms with Crippen molar-refractivity contribution >= 4 is 23.3 Å². The largest absolute Gasteiger partial charge is 0.381 e. The first-order valence-corrected chi connectivity index (χ1v) is 10.5. The highest BCUT2D eigenvalue weighted by Gasteiger charge is 2.54. The molecule has 1 atom stereocenters. The topological polar surface area (TPSA) is 55.4 Å². The number of nitrogens with one attached hydrogen (secondary N) is 1. The number of methoxy groups -OCH3 is 1. The van der Waals surface area contributed by atoms with Crippen LogP contribution in [0.15, 0.2) is 36.4 Å². The maximum Gasteiger partial charge on any atom is 0.235 e. The third-order valence-corrected chi connectivity index (χ3v) is 6.79. The van der Waals surface area contributed by atoms with Gasteiger partial charge >= 0.3 is 0 Å². The second kappa shape index (κ2) is 7.58. The van der Waals surface area contributed by atoms with E-state index < -0.39 is 11.5 Å². The number of carbonyl (C=O) groups excluding carboxylic acids is 2. The molecule has 2 fully saturated rings. The van der Waals surface area contributed by atoms with Gasteiger partial charge in [0, 0.05) is 12.1 Å². The first-order valence-electron chi connectivity index (χ1n) is 10.1. The molecule has 2 aromatic rings. The highest BCUT2D eigenvalue weighted by molar-refractivity contribution is 6.30. The number of benzene rings is 2. The van der Waals surface area contributed by atoms with Crippen LogP contribution in [0.3, 0.4) is 0 Å². The molecule has 152 valence electrons. The van der Waals surface area contributed by atoms with E-state index in [2.05, 4.69) is 17.4 Å². The van der Waals surface area contributed by atoms with Gasteiger partial charge in [-0.2, -0.15) is 0 Å². The van der Waals surface area contributed by atoms with E-state index in [4.69, 9.17) is 16.3 Å². The van der Waals surface area contributed by atoms with Crippen molar-refractivity contribution in [1.82, 2.24) is 5.32 Å². The van der Waals surface area contributed by atoms with Gasteiger partial charge < -0.3 is 10.1 Å². The number of ketones is 1. The van der Waals surface area contributed by atoms with Crippen LogP contribution in [0.25, 0.3) is 11.1 Å². The molecule has 29 heavy (non-hydrogen) atoms. The summed E-state index contributed by atoms with van der Waals surface area (Å²) < 4.78 is 5.44. The molecule has 1 amide bonds. The van der Waals surface area contributed by atoms with Crippen molar-refractivity contribution < 1.29 is 14.3 Å². The zero-order valence-electron chi connectivity index (χ0n) is 17.0. The second-order valence-electron chi connectivity index (χ2n) is 8.33. The van der Waals surface area contributed by atoms with E-state index in [1.54, 1.807) is 7.11 Å². The minimum Gasteiger partial charge on any atom is -0.381 e. The Bertz CT molecular complexity index is 936. The summed E-state index contributed by atoms with van der Waals surface area (Å²) in [7, 11) is 1.70. The Morgan fingerprint density at radius 2 is 1.59 bits per heavy atom. The van der Waals surface area contributed by atoms with Crippen LogP contribution in [0.2, 0.25) is 5.02 Å². The zero-order valence-corrected chi connectivity index (χ0v) is 17.8. The third kappa shape index (κ3) is 3.49. The van der Waals surface area contributed by atoms with Gasteiger partial charge in [0.2, 0.25) is 5.91 Å². The Kier molecular flexibility index (Phi) is 5.26. The number of halogens is 1. The highest BCUT2D eigenvalue weighted by atomic mass is 35.5. The van der Waals surface area contributed by atoms with E-state index in [0.717, 1.165) is 40.7 Å². The van der Waals surface area contributed by atoms with Crippen LogP contribution >= 0.6 is 11.6 Å². The summed E-state index contributed by atoms with van der Waals surface area (Å²) in [5.41, 5.74) is 4.16. The van der Waals surface area contributed by atoms with Crippen molar-refractivity contribution in [1.29, 1.82) is 0 Å². The smallest absolute Gasteiger partial charge is 0.235 e. The Balaban J connectivity index is 1.67. The van der Waals surface area contributed by atoms with E-state index >= 15 is 0 Å². The number of rotatable bonds is 3. The molecule has 1 heterocycles. The maximum atomic E-state index is 13.4. The van der Waals surface area contributed by atoms with Crippen LogP contribution in [-0.4, -0.2) is 30.4 Å². The summed E-state index contributed by atoms with van der Waals surface area (Å²) in [5, 5.41) is 3.76. The number of hydrogen-bond donors (Lipinski definition) is 1. The lowest BCUT2D eigenvalue weighted by Gasteiger charge is -2.35. The van der Waals surface area contributed by atoms with Crippen molar-refractivity contribution in [3.8, 4) is 11.1 Å². The monoisotopic (exact) mass is 411 g/mol. The zero-order chi connectivity index (χ0) is 20.8. The molecular weight excluding hydrogens is 386 g/mol. The molecule has 2 aliphatic rings. The SMILES string of the molecule is COC1CCC2(CC1)NC(=O)C(c1c(C)cc(-c3ccc(Cl)cc3)cc1C)C2=O. The lowest BCUT2D eigenvalue weighted by Crippen LogP contribution is -2.50. The Hall–Kier alpha value is -2.17. The Labute approximate surface area is 176 Å². The summed E-state index contributed by atoms with van der Waals surface area (Å²) in [4.78, 5) is 26.4. The number of ether oxygens (including phenoxy) is 1. The molecule has 0 radical (unpaired) electrons. The third-order valence-electron chi connectivity index (χ3n) is 6.54. The second-order valence-corrected chi connectivity index (χ2v) is 8.77. The summed E-state index contributed by atoms with van der Waals surface area (Å²) in [6.07, 6.45) is 3.05. The Morgan fingerprint density at radius 3 is 2.14 bits per heavy atom. The van der Waals surface area contributed by atoms with Crippen molar-refractivity contribution in [2.75, 3.05) is 7.11 Å². The fourth-order valence-electron chi connectivity index (χ4n) is 4.96. The van der Waals surface area contributed by atoms with Crippen LogP contribution in [0, 0.1) is 13.8 Å². The quantitative estimate of drug-likeness (QED) is 0.742. The van der Waals surface area contributed by atoms with Gasteiger partial charge in [0.15, 0.2) is 5.78 Å². The summed E-state index contributed by atoms with van der Waals surface area (Å²) in [6.45, 7) is 3.96. The molecule has 4 nitrogen and oxygen atoms in total. The molecule has 4 rings (SSSR count). The van der Waals surface area contributed by atoms with Gasteiger partial charge in [-0.25, -0.2) is 0 Å². The van der Waals surface area contributed by atoms with Gasteiger partial charge in [-0.05, 0) is 79.5 Å². The van der Waals surface area contributed by atoms with Crippen LogP contribution < -0.4 is 5.32 Å². The molecule has 2 aromatic carbocycles. The number of carbonyl (C=O) groups is 2. The summed E-state index contributed by atoms with van der Waals surface area (Å²) in [5.74, 6) is -0.882. The van der Waals surface area contributed by atoms with Crippen LogP contribution in [0.1, 0.15) is 48.3 Å². The number of aryl methyl sites for hydroxylation is 2. The van der Waals surface area contributed by atoms with Gasteiger partial charge in [0.05, 0.1) is 11.6 Å². The average molecular weight is 412 g/mol. The normalized spacial score (nSPS) is 26.8. The number of hydrogen-bond acceptors (Lipinski definition) is 3. The van der Waals surface area contributed by atoms with Gasteiger partial charge in [-0.15, -0.1) is 0 Å². The van der Waals surface area contributed by atoms with Gasteiger partial charge in [-0.3, -0.25) is 9.59 Å². The van der Waals surface area contributed by atoms with Gasteiger partial charge in [-0.1, -0.05) is 35.9 Å². The predicted molar refractivity (Wildman–Crippen MR) is 114 cm³/mol. The molecule has 0 aromatic heterocycles. The van der Waals surface area contributed by atoms with Crippen molar-refractivity contribution in [2.45, 2.75) is 57.1 Å². The average Bonchev–Trinajstić information content (AvgIpc) is 2.93. The molecule has 1 unspecified atom stereocenters. The van der Waals surface area contributed by atoms with E-state index in [1.165, 1.54) is 0 Å². The molecule has 1 saturated carbocycles. The molecule has 0 bridgehead atoms. The summed E-state index contributed by atoms with van der Waals surface area (Å²) >= 11 is 6.00. The first-order chi connectivity index (χ1) is 13.8. The Morgan fingerprint density at radius 1 is 1.00 bits per heavy atom. The fraction of sp³-hybridized carbons (Fsp3) is 0.417. The molecule has 1 spiro atoms. The van der Waals surface area contributed by atoms with Crippen LogP contribution in [0.5, 0.6) is 0 Å². The minimum absolute atomic E-state index is 0.0162. The predicted octanol–water partition coefficient (Wildman–Crippen LogP) is 4.73. The molecule has 1 saturated heterocycles. The maximum absolute atomic E-state index is 13.4. The lowest BCUT2D eigenvalue weighted by molar-refractivity contribution is -0.126.